The lowest BCUT2D eigenvalue weighted by Crippen LogP contribution is -2.48. The predicted octanol–water partition coefficient (Wildman–Crippen LogP) is 2.68. The summed E-state index contributed by atoms with van der Waals surface area (Å²) in [6.07, 6.45) is 0.826. The minimum Gasteiger partial charge on any atom is -0.491 e. The third kappa shape index (κ3) is 4.65. The summed E-state index contributed by atoms with van der Waals surface area (Å²) in [4.78, 5) is 33.0. The molecule has 2 aliphatic rings. The summed E-state index contributed by atoms with van der Waals surface area (Å²) < 4.78 is 5.87. The van der Waals surface area contributed by atoms with E-state index >= 15 is 0 Å². The molecule has 0 aromatic heterocycles. The van der Waals surface area contributed by atoms with Gasteiger partial charge in [0, 0.05) is 32.7 Å². The molecule has 1 saturated heterocycles. The lowest BCUT2D eigenvalue weighted by Gasteiger charge is -2.36. The molecule has 0 saturated carbocycles. The number of amides is 2. The smallest absolute Gasteiger partial charge is 0.282 e. The van der Waals surface area contributed by atoms with Crippen LogP contribution in [-0.2, 0) is 9.59 Å². The number of imide groups is 1. The Morgan fingerprint density at radius 2 is 1.64 bits per heavy atom. The topological polar surface area (TPSA) is 73.3 Å². The molecule has 0 atom stereocenters. The van der Waals surface area contributed by atoms with Gasteiger partial charge in [0.2, 0.25) is 0 Å². The van der Waals surface area contributed by atoms with Crippen molar-refractivity contribution in [3.8, 4) is 5.75 Å². The van der Waals surface area contributed by atoms with Gasteiger partial charge in [-0.1, -0.05) is 48.9 Å². The van der Waals surface area contributed by atoms with Crippen molar-refractivity contribution >= 4 is 23.1 Å². The van der Waals surface area contributed by atoms with Crippen molar-refractivity contribution in [2.45, 2.75) is 20.3 Å². The molecular weight excluding hydrogens is 418 g/mol. The Morgan fingerprint density at radius 3 is 2.30 bits per heavy atom. The first kappa shape index (κ1) is 23.0. The highest BCUT2D eigenvalue weighted by molar-refractivity contribution is 6.45. The van der Waals surface area contributed by atoms with E-state index in [1.165, 1.54) is 4.90 Å². The van der Waals surface area contributed by atoms with Crippen LogP contribution in [0.5, 0.6) is 5.75 Å². The van der Waals surface area contributed by atoms with Crippen molar-refractivity contribution in [1.29, 1.82) is 0 Å². The van der Waals surface area contributed by atoms with Crippen LogP contribution in [0.4, 0.5) is 5.69 Å². The Kier molecular flexibility index (Phi) is 7.11. The fraction of sp³-hybridized carbons (Fsp3) is 0.385. The van der Waals surface area contributed by atoms with Gasteiger partial charge in [0.25, 0.3) is 11.8 Å². The molecule has 4 rings (SSSR count). The van der Waals surface area contributed by atoms with Crippen LogP contribution in [-0.4, -0.2) is 72.7 Å². The van der Waals surface area contributed by atoms with Crippen LogP contribution in [0.3, 0.4) is 0 Å². The number of piperazine rings is 1. The van der Waals surface area contributed by atoms with E-state index in [1.807, 2.05) is 55.1 Å². The van der Waals surface area contributed by atoms with E-state index < -0.39 is 0 Å². The Balaban J connectivity index is 1.74. The van der Waals surface area contributed by atoms with Gasteiger partial charge in [-0.2, -0.15) is 0 Å². The van der Waals surface area contributed by atoms with Crippen molar-refractivity contribution < 1.29 is 19.4 Å². The van der Waals surface area contributed by atoms with Gasteiger partial charge in [0.05, 0.1) is 24.5 Å². The summed E-state index contributed by atoms with van der Waals surface area (Å²) in [5.74, 6) is -0.124. The maximum Gasteiger partial charge on any atom is 0.282 e. The van der Waals surface area contributed by atoms with Crippen LogP contribution in [0.2, 0.25) is 0 Å². The SMILES string of the molecule is CCCOc1ccccc1N1C(=O)C(c2ccc(C)cc2)=C(N2CCN(CCO)CC2)C1=O. The van der Waals surface area contributed by atoms with E-state index in [4.69, 9.17) is 4.74 Å². The Labute approximate surface area is 194 Å². The summed E-state index contributed by atoms with van der Waals surface area (Å²) >= 11 is 0. The second-order valence-corrected chi connectivity index (χ2v) is 8.40. The number of carbonyl (C=O) groups is 2. The molecule has 2 aliphatic heterocycles. The molecule has 2 aromatic rings. The first-order chi connectivity index (χ1) is 16.0. The van der Waals surface area contributed by atoms with Gasteiger partial charge in [0.15, 0.2) is 0 Å². The Hall–Kier alpha value is -3.16. The zero-order chi connectivity index (χ0) is 23.4. The second-order valence-electron chi connectivity index (χ2n) is 8.40. The number of hydrogen-bond acceptors (Lipinski definition) is 6. The molecule has 0 unspecified atom stereocenters. The minimum atomic E-state index is -0.329. The number of β-amino-alcohol motifs (C(OH)–C–C–N with tert-alkyl or cyclic N) is 1. The average molecular weight is 450 g/mol. The second kappa shape index (κ2) is 10.2. The number of anilines is 1. The standard InChI is InChI=1S/C26H31N3O4/c1-3-18-33-22-7-5-4-6-21(22)29-25(31)23(20-10-8-19(2)9-11-20)24(26(29)32)28-14-12-27(13-15-28)16-17-30/h4-11,30H,3,12-18H2,1-2H3. The fourth-order valence-corrected chi connectivity index (χ4v) is 4.32. The molecule has 7 heteroatoms. The minimum absolute atomic E-state index is 0.108. The first-order valence-electron chi connectivity index (χ1n) is 11.5. The predicted molar refractivity (Wildman–Crippen MR) is 128 cm³/mol. The number of aliphatic hydroxyl groups is 1. The molecule has 33 heavy (non-hydrogen) atoms. The third-order valence-electron chi connectivity index (χ3n) is 6.07. The molecule has 2 heterocycles. The summed E-state index contributed by atoms with van der Waals surface area (Å²) in [7, 11) is 0. The van der Waals surface area contributed by atoms with Crippen molar-refractivity contribution in [2.24, 2.45) is 0 Å². The average Bonchev–Trinajstić information content (AvgIpc) is 3.09. The molecule has 0 aliphatic carbocycles. The van der Waals surface area contributed by atoms with Gasteiger partial charge in [-0.25, -0.2) is 4.90 Å². The Morgan fingerprint density at radius 1 is 0.939 bits per heavy atom. The molecule has 0 radical (unpaired) electrons. The van der Waals surface area contributed by atoms with Crippen molar-refractivity contribution in [3.63, 3.8) is 0 Å². The van der Waals surface area contributed by atoms with Gasteiger partial charge in [-0.15, -0.1) is 0 Å². The van der Waals surface area contributed by atoms with Crippen LogP contribution in [0.25, 0.3) is 5.57 Å². The monoisotopic (exact) mass is 449 g/mol. The maximum absolute atomic E-state index is 13.8. The molecule has 0 spiro atoms. The molecule has 2 aromatic carbocycles. The van der Waals surface area contributed by atoms with Crippen LogP contribution in [0.15, 0.2) is 54.2 Å². The van der Waals surface area contributed by atoms with E-state index in [0.29, 0.717) is 48.9 Å². The van der Waals surface area contributed by atoms with E-state index in [1.54, 1.807) is 12.1 Å². The number of carbonyl (C=O) groups excluding carboxylic acids is 2. The van der Waals surface area contributed by atoms with Crippen LogP contribution < -0.4 is 9.64 Å². The van der Waals surface area contributed by atoms with E-state index in [9.17, 15) is 14.7 Å². The first-order valence-corrected chi connectivity index (χ1v) is 11.5. The van der Waals surface area contributed by atoms with E-state index in [-0.39, 0.29) is 18.4 Å². The molecular formula is C26H31N3O4. The lowest BCUT2D eigenvalue weighted by atomic mass is 10.0. The van der Waals surface area contributed by atoms with Crippen LogP contribution in [0, 0.1) is 6.92 Å². The quantitative estimate of drug-likeness (QED) is 0.625. The highest BCUT2D eigenvalue weighted by Crippen LogP contribution is 2.39. The highest BCUT2D eigenvalue weighted by atomic mass is 16.5. The molecule has 1 N–H and O–H groups in total. The van der Waals surface area contributed by atoms with Gasteiger partial charge >= 0.3 is 0 Å². The number of aliphatic hydroxyl groups excluding tert-OH is 1. The van der Waals surface area contributed by atoms with E-state index in [2.05, 4.69) is 4.90 Å². The van der Waals surface area contributed by atoms with Gasteiger partial charge in [-0.3, -0.25) is 14.5 Å². The summed E-state index contributed by atoms with van der Waals surface area (Å²) in [5.41, 5.74) is 3.17. The van der Waals surface area contributed by atoms with Gasteiger partial charge in [-0.05, 0) is 31.0 Å². The summed E-state index contributed by atoms with van der Waals surface area (Å²) in [6, 6.07) is 14.9. The third-order valence-corrected chi connectivity index (χ3v) is 6.07. The Bertz CT molecular complexity index is 1040. The molecule has 0 bridgehead atoms. The number of para-hydroxylation sites is 2. The molecule has 1 fully saturated rings. The van der Waals surface area contributed by atoms with Crippen LogP contribution in [0.1, 0.15) is 24.5 Å². The number of aryl methyl sites for hydroxylation is 1. The van der Waals surface area contributed by atoms with E-state index in [0.717, 1.165) is 30.6 Å². The van der Waals surface area contributed by atoms with Crippen molar-refractivity contribution in [3.05, 3.63) is 65.4 Å². The number of ether oxygens (including phenoxy) is 1. The molecule has 174 valence electrons. The van der Waals surface area contributed by atoms with Gasteiger partial charge in [0.1, 0.15) is 11.4 Å². The number of hydrogen-bond donors (Lipinski definition) is 1. The number of nitrogens with zero attached hydrogens (tertiary/aromatic N) is 3. The lowest BCUT2D eigenvalue weighted by molar-refractivity contribution is -0.120. The maximum atomic E-state index is 13.8. The fourth-order valence-electron chi connectivity index (χ4n) is 4.32. The highest BCUT2D eigenvalue weighted by Gasteiger charge is 2.43. The van der Waals surface area contributed by atoms with Crippen molar-refractivity contribution in [1.82, 2.24) is 9.80 Å². The number of benzene rings is 2. The number of rotatable bonds is 8. The zero-order valence-electron chi connectivity index (χ0n) is 19.3. The normalized spacial score (nSPS) is 17.3. The molecule has 7 nitrogen and oxygen atoms in total. The summed E-state index contributed by atoms with van der Waals surface area (Å²) in [6.45, 7) is 7.92. The molecule has 2 amide bonds. The van der Waals surface area contributed by atoms with Crippen LogP contribution >= 0.6 is 0 Å². The van der Waals surface area contributed by atoms with Crippen molar-refractivity contribution in [2.75, 3.05) is 50.8 Å². The zero-order valence-corrected chi connectivity index (χ0v) is 19.3. The van der Waals surface area contributed by atoms with Gasteiger partial charge < -0.3 is 14.7 Å². The largest absolute Gasteiger partial charge is 0.491 e. The summed E-state index contributed by atoms with van der Waals surface area (Å²) in [5, 5.41) is 9.25.